The van der Waals surface area contributed by atoms with Gasteiger partial charge in [0.15, 0.2) is 5.16 Å². The lowest BCUT2D eigenvalue weighted by Crippen LogP contribution is -2.22. The molecule has 2 heterocycles. The van der Waals surface area contributed by atoms with Crippen molar-refractivity contribution in [1.29, 1.82) is 0 Å². The molecule has 0 atom stereocenters. The van der Waals surface area contributed by atoms with Gasteiger partial charge in [0.1, 0.15) is 12.7 Å². The highest BCUT2D eigenvalue weighted by Crippen LogP contribution is 2.24. The zero-order valence-corrected chi connectivity index (χ0v) is 16.7. The quantitative estimate of drug-likeness (QED) is 0.284. The number of aryl methyl sites for hydroxylation is 3. The Morgan fingerprint density at radius 2 is 1.96 bits per heavy atom. The fourth-order valence-corrected chi connectivity index (χ4v) is 4.15. The lowest BCUT2D eigenvalue weighted by molar-refractivity contribution is 0.604. The average Bonchev–Trinajstić information content (AvgIpc) is 3.20. The number of benzene rings is 2. The maximum atomic E-state index is 13.3. The molecule has 4 aromatic rings. The molecule has 0 unspecified atom stereocenters. The maximum Gasteiger partial charge on any atom is 0.266 e. The first kappa shape index (κ1) is 18.4. The third-order valence-electron chi connectivity index (χ3n) is 4.57. The number of para-hydroxylation sites is 1. The van der Waals surface area contributed by atoms with Gasteiger partial charge in [-0.05, 0) is 44.0 Å². The number of fused-ring (bicyclic) bond motifs is 1. The number of thioether (sulfide) groups is 1. The van der Waals surface area contributed by atoms with Crippen molar-refractivity contribution in [3.8, 4) is 5.69 Å². The predicted molar refractivity (Wildman–Crippen MR) is 112 cm³/mol. The molecule has 0 bridgehead atoms. The topological polar surface area (TPSA) is 65.6 Å². The van der Waals surface area contributed by atoms with Gasteiger partial charge < -0.3 is 0 Å². The summed E-state index contributed by atoms with van der Waals surface area (Å²) in [6, 6.07) is 13.6. The fourth-order valence-electron chi connectivity index (χ4n) is 3.22. The van der Waals surface area contributed by atoms with E-state index in [-0.39, 0.29) is 5.56 Å². The SMILES string of the molecule is Cc1ccc(-n2c(SCCCn3cncn3)nc3ccccc3c2=O)c(C)c1. The third kappa shape index (κ3) is 3.71. The van der Waals surface area contributed by atoms with Gasteiger partial charge >= 0.3 is 0 Å². The van der Waals surface area contributed by atoms with Crippen LogP contribution in [0.1, 0.15) is 17.5 Å². The number of hydrogen-bond acceptors (Lipinski definition) is 5. The van der Waals surface area contributed by atoms with Crippen molar-refractivity contribution in [3.05, 3.63) is 76.6 Å². The Labute approximate surface area is 167 Å². The monoisotopic (exact) mass is 391 g/mol. The van der Waals surface area contributed by atoms with Crippen LogP contribution in [0.4, 0.5) is 0 Å². The zero-order valence-electron chi connectivity index (χ0n) is 15.9. The average molecular weight is 392 g/mol. The molecule has 0 saturated carbocycles. The normalized spacial score (nSPS) is 11.2. The van der Waals surface area contributed by atoms with E-state index in [0.29, 0.717) is 10.5 Å². The molecule has 0 spiro atoms. The molecule has 0 saturated heterocycles. The molecule has 2 aromatic carbocycles. The number of aromatic nitrogens is 5. The molecule has 0 aliphatic rings. The standard InChI is InChI=1S/C21H21N5OS/c1-15-8-9-19(16(2)12-15)26-20(27)17-6-3-4-7-18(17)24-21(26)28-11-5-10-25-14-22-13-23-25/h3-4,6-9,12-14H,5,10-11H2,1-2H3. The highest BCUT2D eigenvalue weighted by molar-refractivity contribution is 7.99. The second kappa shape index (κ2) is 7.98. The van der Waals surface area contributed by atoms with Gasteiger partial charge in [-0.1, -0.05) is 41.6 Å². The summed E-state index contributed by atoms with van der Waals surface area (Å²) in [6.07, 6.45) is 4.16. The molecule has 6 nitrogen and oxygen atoms in total. The molecule has 0 aliphatic heterocycles. The van der Waals surface area contributed by atoms with E-state index in [9.17, 15) is 4.79 Å². The van der Waals surface area contributed by atoms with E-state index in [1.165, 1.54) is 11.9 Å². The van der Waals surface area contributed by atoms with Crippen LogP contribution >= 0.6 is 11.8 Å². The Balaban J connectivity index is 1.72. The second-order valence-corrected chi connectivity index (χ2v) is 7.76. The molecule has 0 N–H and O–H groups in total. The van der Waals surface area contributed by atoms with Crippen LogP contribution in [-0.2, 0) is 6.54 Å². The van der Waals surface area contributed by atoms with Crippen molar-refractivity contribution in [2.75, 3.05) is 5.75 Å². The zero-order chi connectivity index (χ0) is 19.5. The summed E-state index contributed by atoms with van der Waals surface area (Å²) >= 11 is 1.60. The molecular weight excluding hydrogens is 370 g/mol. The van der Waals surface area contributed by atoms with Crippen molar-refractivity contribution >= 4 is 22.7 Å². The number of hydrogen-bond donors (Lipinski definition) is 0. The van der Waals surface area contributed by atoms with Gasteiger partial charge in [0.25, 0.3) is 5.56 Å². The van der Waals surface area contributed by atoms with Crippen molar-refractivity contribution in [2.45, 2.75) is 32.0 Å². The van der Waals surface area contributed by atoms with Gasteiger partial charge in [0.05, 0.1) is 16.6 Å². The minimum absolute atomic E-state index is 0.0312. The summed E-state index contributed by atoms with van der Waals surface area (Å²) in [4.78, 5) is 22.1. The summed E-state index contributed by atoms with van der Waals surface area (Å²) in [7, 11) is 0. The van der Waals surface area contributed by atoms with Crippen molar-refractivity contribution in [1.82, 2.24) is 24.3 Å². The molecular formula is C21H21N5OS. The van der Waals surface area contributed by atoms with Crippen LogP contribution < -0.4 is 5.56 Å². The van der Waals surface area contributed by atoms with Crippen LogP contribution in [0, 0.1) is 13.8 Å². The first-order valence-corrected chi connectivity index (χ1v) is 10.2. The molecule has 0 amide bonds. The highest BCUT2D eigenvalue weighted by Gasteiger charge is 2.14. The van der Waals surface area contributed by atoms with Gasteiger partial charge in [-0.2, -0.15) is 5.10 Å². The predicted octanol–water partition coefficient (Wildman–Crippen LogP) is 3.78. The Kier molecular flexibility index (Phi) is 5.25. The van der Waals surface area contributed by atoms with Gasteiger partial charge in [-0.25, -0.2) is 9.97 Å². The fraction of sp³-hybridized carbons (Fsp3) is 0.238. The Morgan fingerprint density at radius 3 is 2.75 bits per heavy atom. The van der Waals surface area contributed by atoms with Crippen molar-refractivity contribution in [2.24, 2.45) is 0 Å². The van der Waals surface area contributed by atoms with E-state index in [1.54, 1.807) is 22.7 Å². The van der Waals surface area contributed by atoms with E-state index in [2.05, 4.69) is 23.1 Å². The minimum Gasteiger partial charge on any atom is -0.268 e. The van der Waals surface area contributed by atoms with E-state index in [0.717, 1.165) is 35.5 Å². The van der Waals surface area contributed by atoms with Crippen molar-refractivity contribution < 1.29 is 0 Å². The van der Waals surface area contributed by atoms with Crippen molar-refractivity contribution in [3.63, 3.8) is 0 Å². The summed E-state index contributed by atoms with van der Waals surface area (Å²) < 4.78 is 3.56. The van der Waals surface area contributed by atoms with Gasteiger partial charge in [0.2, 0.25) is 0 Å². The van der Waals surface area contributed by atoms with Gasteiger partial charge in [-0.15, -0.1) is 0 Å². The van der Waals surface area contributed by atoms with E-state index < -0.39 is 0 Å². The van der Waals surface area contributed by atoms with E-state index in [1.807, 2.05) is 48.0 Å². The van der Waals surface area contributed by atoms with Crippen LogP contribution in [0.3, 0.4) is 0 Å². The molecule has 0 fully saturated rings. The first-order chi connectivity index (χ1) is 13.6. The number of nitrogens with zero attached hydrogens (tertiary/aromatic N) is 5. The van der Waals surface area contributed by atoms with E-state index >= 15 is 0 Å². The second-order valence-electron chi connectivity index (χ2n) is 6.70. The van der Waals surface area contributed by atoms with Crippen LogP contribution in [0.25, 0.3) is 16.6 Å². The third-order valence-corrected chi connectivity index (χ3v) is 5.59. The summed E-state index contributed by atoms with van der Waals surface area (Å²) in [6.45, 7) is 4.87. The highest BCUT2D eigenvalue weighted by atomic mass is 32.2. The van der Waals surface area contributed by atoms with Crippen LogP contribution in [0.2, 0.25) is 0 Å². The molecule has 142 valence electrons. The summed E-state index contributed by atoms with van der Waals surface area (Å²) in [5.74, 6) is 0.829. The van der Waals surface area contributed by atoms with E-state index in [4.69, 9.17) is 4.98 Å². The largest absolute Gasteiger partial charge is 0.268 e. The molecule has 0 radical (unpaired) electrons. The Bertz CT molecular complexity index is 1170. The summed E-state index contributed by atoms with van der Waals surface area (Å²) in [5.41, 5.74) is 3.81. The number of rotatable bonds is 6. The molecule has 0 aliphatic carbocycles. The minimum atomic E-state index is -0.0312. The molecule has 4 rings (SSSR count). The van der Waals surface area contributed by atoms with Crippen LogP contribution in [0.15, 0.2) is 65.1 Å². The first-order valence-electron chi connectivity index (χ1n) is 9.18. The lowest BCUT2D eigenvalue weighted by atomic mass is 10.1. The van der Waals surface area contributed by atoms with Crippen LogP contribution in [-0.4, -0.2) is 30.1 Å². The molecule has 2 aromatic heterocycles. The van der Waals surface area contributed by atoms with Gasteiger partial charge in [-0.3, -0.25) is 14.0 Å². The Morgan fingerprint density at radius 1 is 1.11 bits per heavy atom. The van der Waals surface area contributed by atoms with Gasteiger partial charge in [0, 0.05) is 12.3 Å². The smallest absolute Gasteiger partial charge is 0.266 e. The summed E-state index contributed by atoms with van der Waals surface area (Å²) in [5, 5.41) is 5.48. The van der Waals surface area contributed by atoms with Crippen LogP contribution in [0.5, 0.6) is 0 Å². The molecule has 28 heavy (non-hydrogen) atoms. The maximum absolute atomic E-state index is 13.3. The Hall–Kier alpha value is -2.93. The lowest BCUT2D eigenvalue weighted by Gasteiger charge is -2.15. The molecule has 7 heteroatoms.